The maximum absolute atomic E-state index is 13.1. The van der Waals surface area contributed by atoms with Gasteiger partial charge in [-0.1, -0.05) is 31.7 Å². The Hall–Kier alpha value is -2.00. The predicted octanol–water partition coefficient (Wildman–Crippen LogP) is 3.78. The number of rotatable bonds is 5. The Balaban J connectivity index is 1.34. The molecule has 2 saturated carbocycles. The Kier molecular flexibility index (Phi) is 6.86. The quantitative estimate of drug-likeness (QED) is 0.528. The number of piperidine rings is 1. The van der Waals surface area contributed by atoms with Crippen molar-refractivity contribution >= 4 is 21.6 Å². The van der Waals surface area contributed by atoms with E-state index in [-0.39, 0.29) is 41.5 Å². The number of nitrogens with zero attached hydrogens (tertiary/aromatic N) is 2. The van der Waals surface area contributed by atoms with Gasteiger partial charge >= 0.3 is 0 Å². The molecule has 1 N–H and O–H groups in total. The Labute approximate surface area is 190 Å². The second-order valence-electron chi connectivity index (χ2n) is 9.71. The van der Waals surface area contributed by atoms with Gasteiger partial charge in [0.15, 0.2) is 0 Å². The van der Waals surface area contributed by atoms with Crippen molar-refractivity contribution in [3.63, 3.8) is 0 Å². The van der Waals surface area contributed by atoms with Crippen LogP contribution in [0.25, 0.3) is 0 Å². The predicted molar refractivity (Wildman–Crippen MR) is 121 cm³/mol. The van der Waals surface area contributed by atoms with Crippen LogP contribution < -0.4 is 5.32 Å². The number of hydrogen-bond donors (Lipinski definition) is 1. The molecule has 176 valence electrons. The highest BCUT2D eigenvalue weighted by atomic mass is 32.2. The summed E-state index contributed by atoms with van der Waals surface area (Å²) >= 11 is 0. The van der Waals surface area contributed by atoms with Gasteiger partial charge in [0, 0.05) is 37.2 Å². The lowest BCUT2D eigenvalue weighted by Gasteiger charge is -2.40. The third-order valence-electron chi connectivity index (χ3n) is 7.71. The summed E-state index contributed by atoms with van der Waals surface area (Å²) in [6.07, 6.45) is 9.54. The number of fused-ring (bicyclic) bond motifs is 1. The summed E-state index contributed by atoms with van der Waals surface area (Å²) in [5.41, 5.74) is 0.241. The molecule has 3 aliphatic rings. The van der Waals surface area contributed by atoms with Crippen molar-refractivity contribution < 1.29 is 18.1 Å². The van der Waals surface area contributed by atoms with Crippen LogP contribution >= 0.6 is 0 Å². The third-order valence-corrected chi connectivity index (χ3v) is 9.75. The Morgan fingerprint density at radius 3 is 2.44 bits per heavy atom. The first kappa shape index (κ1) is 23.2. The van der Waals surface area contributed by atoms with Gasteiger partial charge in [0.05, 0.1) is 9.82 Å². The molecule has 0 spiro atoms. The molecule has 1 aliphatic heterocycles. The molecule has 4 rings (SSSR count). The minimum absolute atomic E-state index is 0.0288. The van der Waals surface area contributed by atoms with Crippen LogP contribution in [-0.2, 0) is 14.8 Å². The summed E-state index contributed by atoms with van der Waals surface area (Å²) in [6.45, 7) is 2.13. The number of carbonyl (C=O) groups is 1. The van der Waals surface area contributed by atoms with Crippen molar-refractivity contribution in [2.45, 2.75) is 75.6 Å². The van der Waals surface area contributed by atoms with Gasteiger partial charge in [0.25, 0.3) is 5.69 Å². The highest BCUT2D eigenvalue weighted by Crippen LogP contribution is 2.40. The number of nitro groups is 1. The molecule has 1 saturated heterocycles. The second kappa shape index (κ2) is 9.47. The zero-order valence-corrected chi connectivity index (χ0v) is 19.5. The lowest BCUT2D eigenvalue weighted by Crippen LogP contribution is -2.47. The molecule has 1 heterocycles. The molecule has 0 aromatic heterocycles. The number of aryl methyl sites for hydroxylation is 1. The molecule has 3 atom stereocenters. The maximum atomic E-state index is 13.1. The molecule has 1 amide bonds. The Morgan fingerprint density at radius 1 is 1.06 bits per heavy atom. The number of nitrogens with one attached hydrogen (secondary N) is 1. The van der Waals surface area contributed by atoms with E-state index in [4.69, 9.17) is 0 Å². The van der Waals surface area contributed by atoms with E-state index in [2.05, 4.69) is 5.32 Å². The fourth-order valence-corrected chi connectivity index (χ4v) is 7.52. The standard InChI is InChI=1S/C23H33N3O5S/c1-16-6-9-21(26(28)29)15-22(16)32(30,31)25-12-10-18(11-13-25)23(27)24-20-8-7-17-4-2-3-5-19(17)14-20/h6,9,15,17-20H,2-5,7-8,10-14H2,1H3,(H,24,27)/t17-,19+,20-/m1/s1. The van der Waals surface area contributed by atoms with Crippen LogP contribution in [0.3, 0.4) is 0 Å². The molecule has 9 heteroatoms. The molecular weight excluding hydrogens is 430 g/mol. The average molecular weight is 464 g/mol. The zero-order valence-electron chi connectivity index (χ0n) is 18.7. The monoisotopic (exact) mass is 463 g/mol. The summed E-state index contributed by atoms with van der Waals surface area (Å²) < 4.78 is 27.6. The van der Waals surface area contributed by atoms with Gasteiger partial charge in [0.1, 0.15) is 0 Å². The van der Waals surface area contributed by atoms with E-state index in [9.17, 15) is 23.3 Å². The van der Waals surface area contributed by atoms with E-state index in [0.717, 1.165) is 30.7 Å². The molecule has 0 bridgehead atoms. The lowest BCUT2D eigenvalue weighted by molar-refractivity contribution is -0.385. The number of sulfonamides is 1. The molecule has 8 nitrogen and oxygen atoms in total. The highest BCUT2D eigenvalue weighted by Gasteiger charge is 2.36. The fourth-order valence-electron chi connectivity index (χ4n) is 5.80. The number of benzene rings is 1. The Morgan fingerprint density at radius 2 is 1.75 bits per heavy atom. The van der Waals surface area contributed by atoms with Crippen LogP contribution in [-0.4, -0.2) is 42.7 Å². The molecule has 3 fully saturated rings. The van der Waals surface area contributed by atoms with Gasteiger partial charge in [-0.15, -0.1) is 0 Å². The van der Waals surface area contributed by atoms with Gasteiger partial charge in [0.2, 0.25) is 15.9 Å². The summed E-state index contributed by atoms with van der Waals surface area (Å²) in [5, 5.41) is 14.3. The minimum Gasteiger partial charge on any atom is -0.353 e. The second-order valence-corrected chi connectivity index (χ2v) is 11.6. The summed E-state index contributed by atoms with van der Waals surface area (Å²) in [5.74, 6) is 1.44. The minimum atomic E-state index is -3.84. The topological polar surface area (TPSA) is 110 Å². The first-order chi connectivity index (χ1) is 15.3. The van der Waals surface area contributed by atoms with Crippen molar-refractivity contribution in [3.05, 3.63) is 33.9 Å². The first-order valence-corrected chi connectivity index (χ1v) is 13.3. The number of hydrogen-bond acceptors (Lipinski definition) is 5. The van der Waals surface area contributed by atoms with Crippen LogP contribution in [0.15, 0.2) is 23.1 Å². The van der Waals surface area contributed by atoms with Gasteiger partial charge in [-0.3, -0.25) is 14.9 Å². The largest absolute Gasteiger partial charge is 0.353 e. The van der Waals surface area contributed by atoms with E-state index in [0.29, 0.717) is 18.4 Å². The van der Waals surface area contributed by atoms with E-state index < -0.39 is 14.9 Å². The van der Waals surface area contributed by atoms with Crippen LogP contribution in [0.1, 0.15) is 63.4 Å². The van der Waals surface area contributed by atoms with E-state index in [1.54, 1.807) is 6.92 Å². The van der Waals surface area contributed by atoms with Crippen molar-refractivity contribution in [1.29, 1.82) is 0 Å². The molecule has 1 aromatic carbocycles. The Bertz CT molecular complexity index is 972. The number of amides is 1. The van der Waals surface area contributed by atoms with E-state index in [1.165, 1.54) is 48.5 Å². The lowest BCUT2D eigenvalue weighted by atomic mass is 9.69. The van der Waals surface area contributed by atoms with Crippen LogP contribution in [0.5, 0.6) is 0 Å². The van der Waals surface area contributed by atoms with Crippen LogP contribution in [0, 0.1) is 34.8 Å². The smallest absolute Gasteiger partial charge is 0.270 e. The van der Waals surface area contributed by atoms with E-state index >= 15 is 0 Å². The van der Waals surface area contributed by atoms with Gasteiger partial charge in [-0.25, -0.2) is 8.42 Å². The SMILES string of the molecule is Cc1ccc([N+](=O)[O-])cc1S(=O)(=O)N1CCC(C(=O)N[C@@H]2CC[C@H]3CCCC[C@H]3C2)CC1. The fraction of sp³-hybridized carbons (Fsp3) is 0.696. The molecular formula is C23H33N3O5S. The van der Waals surface area contributed by atoms with Crippen molar-refractivity contribution in [3.8, 4) is 0 Å². The number of non-ortho nitro benzene ring substituents is 1. The molecule has 1 aromatic rings. The van der Waals surface area contributed by atoms with Crippen LogP contribution in [0.2, 0.25) is 0 Å². The number of nitro benzene ring substituents is 1. The normalized spacial score (nSPS) is 27.5. The maximum Gasteiger partial charge on any atom is 0.270 e. The van der Waals surface area contributed by atoms with Crippen molar-refractivity contribution in [1.82, 2.24) is 9.62 Å². The van der Waals surface area contributed by atoms with Gasteiger partial charge in [-0.05, 0) is 56.4 Å². The number of carbonyl (C=O) groups excluding carboxylic acids is 1. The van der Waals surface area contributed by atoms with Gasteiger partial charge in [-0.2, -0.15) is 4.31 Å². The summed E-state index contributed by atoms with van der Waals surface area (Å²) in [6, 6.07) is 4.15. The van der Waals surface area contributed by atoms with Crippen LogP contribution in [0.4, 0.5) is 5.69 Å². The van der Waals surface area contributed by atoms with Crippen molar-refractivity contribution in [2.24, 2.45) is 17.8 Å². The summed E-state index contributed by atoms with van der Waals surface area (Å²) in [7, 11) is -3.84. The van der Waals surface area contributed by atoms with Gasteiger partial charge < -0.3 is 5.32 Å². The van der Waals surface area contributed by atoms with E-state index in [1.807, 2.05) is 0 Å². The third kappa shape index (κ3) is 4.83. The molecule has 32 heavy (non-hydrogen) atoms. The highest BCUT2D eigenvalue weighted by molar-refractivity contribution is 7.89. The summed E-state index contributed by atoms with van der Waals surface area (Å²) in [4.78, 5) is 23.3. The zero-order chi connectivity index (χ0) is 22.9. The first-order valence-electron chi connectivity index (χ1n) is 11.8. The van der Waals surface area contributed by atoms with Crippen molar-refractivity contribution in [2.75, 3.05) is 13.1 Å². The molecule has 0 radical (unpaired) electrons. The average Bonchev–Trinajstić information content (AvgIpc) is 2.79. The molecule has 2 aliphatic carbocycles. The molecule has 0 unspecified atom stereocenters.